The van der Waals surface area contributed by atoms with Gasteiger partial charge in [0.1, 0.15) is 28.7 Å². The van der Waals surface area contributed by atoms with Crippen molar-refractivity contribution in [3.63, 3.8) is 0 Å². The highest BCUT2D eigenvalue weighted by molar-refractivity contribution is 8.14. The van der Waals surface area contributed by atoms with Crippen LogP contribution in [0.1, 0.15) is 45.7 Å². The van der Waals surface area contributed by atoms with Gasteiger partial charge in [-0.2, -0.15) is 0 Å². The van der Waals surface area contributed by atoms with Crippen LogP contribution in [-0.4, -0.2) is 71.2 Å². The van der Waals surface area contributed by atoms with Crippen molar-refractivity contribution in [2.45, 2.75) is 24.6 Å². The molecule has 0 bridgehead atoms. The molecule has 1 unspecified atom stereocenters. The topological polar surface area (TPSA) is 146 Å². The van der Waals surface area contributed by atoms with Gasteiger partial charge in [0.05, 0.1) is 7.11 Å². The van der Waals surface area contributed by atoms with Gasteiger partial charge in [0.25, 0.3) is 0 Å². The predicted molar refractivity (Wildman–Crippen MR) is 168 cm³/mol. The van der Waals surface area contributed by atoms with E-state index in [1.165, 1.54) is 56.5 Å². The lowest BCUT2D eigenvalue weighted by atomic mass is 9.98. The summed E-state index contributed by atoms with van der Waals surface area (Å²) in [5.74, 6) is -3.62. The first-order valence-electron chi connectivity index (χ1n) is 14.0. The summed E-state index contributed by atoms with van der Waals surface area (Å²) in [6, 6.07) is 17.6. The molecule has 0 radical (unpaired) electrons. The Kier molecular flexibility index (Phi) is 12.0. The molecule has 240 valence electrons. The summed E-state index contributed by atoms with van der Waals surface area (Å²) in [5.41, 5.74) is 0.842. The Balaban J connectivity index is 1.44. The molecule has 3 aromatic rings. The van der Waals surface area contributed by atoms with E-state index in [1.807, 2.05) is 0 Å². The second kappa shape index (κ2) is 16.1. The molecule has 1 aliphatic rings. The van der Waals surface area contributed by atoms with Crippen molar-refractivity contribution >= 4 is 52.4 Å². The fourth-order valence-electron chi connectivity index (χ4n) is 4.80. The van der Waals surface area contributed by atoms with E-state index in [2.05, 4.69) is 0 Å². The van der Waals surface area contributed by atoms with Crippen LogP contribution in [0.15, 0.2) is 84.4 Å². The first kappa shape index (κ1) is 34.2. The molecule has 2 atom stereocenters. The maximum absolute atomic E-state index is 12.9. The molecule has 1 N–H and O–H groups in total. The summed E-state index contributed by atoms with van der Waals surface area (Å²) >= 11 is 7.46. The highest BCUT2D eigenvalue weighted by atomic mass is 35.5. The highest BCUT2D eigenvalue weighted by Gasteiger charge is 2.36. The monoisotopic (exact) mass is 667 g/mol. The van der Waals surface area contributed by atoms with Gasteiger partial charge in [-0.25, -0.2) is 19.2 Å². The largest absolute Gasteiger partial charge is 0.507 e. The summed E-state index contributed by atoms with van der Waals surface area (Å²) in [5, 5.41) is 9.79. The van der Waals surface area contributed by atoms with E-state index in [1.54, 1.807) is 41.3 Å². The smallest absolute Gasteiger partial charge is 0.347 e. The quantitative estimate of drug-likeness (QED) is 0.133. The number of ether oxygens (including phenoxy) is 4. The minimum atomic E-state index is -0.935. The number of methoxy groups -OCH3 is 1. The summed E-state index contributed by atoms with van der Waals surface area (Å²) < 4.78 is 20.6. The number of carbonyl (C=O) groups excluding carboxylic acids is 5. The first-order chi connectivity index (χ1) is 22.1. The number of phenols is 1. The number of para-hydroxylation sites is 2. The number of halogens is 1. The van der Waals surface area contributed by atoms with Crippen molar-refractivity contribution in [2.24, 2.45) is 0 Å². The number of hydrogen-bond acceptors (Lipinski definition) is 12. The van der Waals surface area contributed by atoms with Gasteiger partial charge >= 0.3 is 23.9 Å². The number of nitrogens with zero attached hydrogens (tertiary/aromatic N) is 1. The number of thioether (sulfide) groups is 1. The standard InChI is InChI=1S/C33H30ClNO10S/c1-20(36)46-28-15-16-35(30(33(41)42-2)22-9-3-6-12-25(22)34)18-21(28)17-29(38)43-19-44-31(39)24-11-5-8-14-27(24)45-32(40)23-10-4-7-13-26(23)37/h3-14,17,28,30,37H,15-16,18-19H2,1-2H3/b21-17-/t28?,30-/m0/s1. The van der Waals surface area contributed by atoms with Crippen LogP contribution in [0, 0.1) is 0 Å². The molecular weight excluding hydrogens is 638 g/mol. The van der Waals surface area contributed by atoms with Gasteiger partial charge in [-0.05, 0) is 47.9 Å². The fourth-order valence-corrected chi connectivity index (χ4v) is 5.95. The molecule has 13 heteroatoms. The number of benzene rings is 3. The van der Waals surface area contributed by atoms with Crippen molar-refractivity contribution < 1.29 is 48.0 Å². The molecule has 1 heterocycles. The average molecular weight is 668 g/mol. The number of likely N-dealkylation sites (tertiary alicyclic amines) is 1. The zero-order valence-electron chi connectivity index (χ0n) is 24.8. The van der Waals surface area contributed by atoms with Crippen molar-refractivity contribution in [3.8, 4) is 11.5 Å². The predicted octanol–water partition coefficient (Wildman–Crippen LogP) is 5.12. The van der Waals surface area contributed by atoms with Crippen LogP contribution < -0.4 is 4.74 Å². The van der Waals surface area contributed by atoms with Crippen molar-refractivity contribution in [1.82, 2.24) is 4.90 Å². The average Bonchev–Trinajstić information content (AvgIpc) is 3.03. The Morgan fingerprint density at radius 3 is 2.33 bits per heavy atom. The summed E-state index contributed by atoms with van der Waals surface area (Å²) in [7, 11) is 1.27. The number of piperidine rings is 1. The normalized spacial score (nSPS) is 16.2. The van der Waals surface area contributed by atoms with Crippen LogP contribution >= 0.6 is 23.4 Å². The molecule has 0 spiro atoms. The molecule has 1 saturated heterocycles. The molecule has 1 fully saturated rings. The van der Waals surface area contributed by atoms with Crippen molar-refractivity contribution in [2.75, 3.05) is 27.0 Å². The second-order valence-corrected chi connectivity index (χ2v) is 11.7. The van der Waals surface area contributed by atoms with Crippen molar-refractivity contribution in [3.05, 3.63) is 106 Å². The zero-order chi connectivity index (χ0) is 33.2. The van der Waals surface area contributed by atoms with Gasteiger partial charge in [-0.15, -0.1) is 0 Å². The molecule has 0 aliphatic carbocycles. The molecule has 3 aromatic carbocycles. The molecule has 1 aliphatic heterocycles. The molecule has 0 saturated carbocycles. The van der Waals surface area contributed by atoms with E-state index in [0.717, 1.165) is 11.8 Å². The Bertz CT molecular complexity index is 1660. The van der Waals surface area contributed by atoms with Gasteiger partial charge in [0, 0.05) is 36.4 Å². The lowest BCUT2D eigenvalue weighted by molar-refractivity contribution is -0.147. The fraction of sp³-hybridized carbons (Fsp3) is 0.242. The van der Waals surface area contributed by atoms with Crippen LogP contribution in [0.25, 0.3) is 0 Å². The highest BCUT2D eigenvalue weighted by Crippen LogP contribution is 2.35. The lowest BCUT2D eigenvalue weighted by Crippen LogP contribution is -2.43. The van der Waals surface area contributed by atoms with E-state index in [9.17, 15) is 29.1 Å². The number of hydrogen-bond donors (Lipinski definition) is 1. The Labute approximate surface area is 274 Å². The Hall–Kier alpha value is -4.65. The van der Waals surface area contributed by atoms with E-state index in [-0.39, 0.29) is 39.5 Å². The molecular formula is C33H30ClNO10S. The zero-order valence-corrected chi connectivity index (χ0v) is 26.4. The van der Waals surface area contributed by atoms with Gasteiger partial charge in [-0.3, -0.25) is 9.69 Å². The number of esters is 4. The third kappa shape index (κ3) is 8.75. The maximum atomic E-state index is 12.9. The molecule has 0 aromatic heterocycles. The molecule has 4 rings (SSSR count). The summed E-state index contributed by atoms with van der Waals surface area (Å²) in [4.78, 5) is 64.8. The maximum Gasteiger partial charge on any atom is 0.347 e. The third-order valence-corrected chi connectivity index (χ3v) is 8.40. The number of phenolic OH excluding ortho intramolecular Hbond substituents is 1. The van der Waals surface area contributed by atoms with Gasteiger partial charge < -0.3 is 24.1 Å². The van der Waals surface area contributed by atoms with Crippen LogP contribution in [0.2, 0.25) is 5.02 Å². The first-order valence-corrected chi connectivity index (χ1v) is 15.2. The second-order valence-electron chi connectivity index (χ2n) is 9.94. The van der Waals surface area contributed by atoms with Crippen LogP contribution in [0.4, 0.5) is 0 Å². The van der Waals surface area contributed by atoms with Crippen LogP contribution in [0.3, 0.4) is 0 Å². The van der Waals surface area contributed by atoms with Crippen LogP contribution in [0.5, 0.6) is 11.5 Å². The SMILES string of the molecule is COC(=O)[C@H](c1ccccc1Cl)N1CCC(SC(C)=O)/C(=C\C(=O)OCOC(=O)c2ccccc2OC(=O)c2ccccc2O)C1. The lowest BCUT2D eigenvalue weighted by Gasteiger charge is -2.37. The van der Waals surface area contributed by atoms with Gasteiger partial charge in [0.2, 0.25) is 6.79 Å². The van der Waals surface area contributed by atoms with Gasteiger partial charge in [0.15, 0.2) is 5.12 Å². The number of aromatic hydroxyl groups is 1. The van der Waals surface area contributed by atoms with E-state index < -0.39 is 36.7 Å². The Morgan fingerprint density at radius 1 is 0.957 bits per heavy atom. The Morgan fingerprint density at radius 2 is 1.63 bits per heavy atom. The van der Waals surface area contributed by atoms with E-state index >= 15 is 0 Å². The summed E-state index contributed by atoms with van der Waals surface area (Å²) in [6.07, 6.45) is 1.65. The number of rotatable bonds is 10. The molecule has 0 amide bonds. The van der Waals surface area contributed by atoms with E-state index in [0.29, 0.717) is 29.1 Å². The molecule has 46 heavy (non-hydrogen) atoms. The minimum Gasteiger partial charge on any atom is -0.507 e. The number of carbonyl (C=O) groups is 5. The van der Waals surface area contributed by atoms with Crippen molar-refractivity contribution in [1.29, 1.82) is 0 Å². The van der Waals surface area contributed by atoms with Crippen LogP contribution in [-0.2, 0) is 28.6 Å². The minimum absolute atomic E-state index is 0.0973. The van der Waals surface area contributed by atoms with E-state index in [4.69, 9.17) is 30.5 Å². The third-order valence-electron chi connectivity index (χ3n) is 6.90. The summed E-state index contributed by atoms with van der Waals surface area (Å²) in [6.45, 7) is 1.20. The molecule has 11 nitrogen and oxygen atoms in total. The van der Waals surface area contributed by atoms with Gasteiger partial charge in [-0.1, -0.05) is 65.8 Å².